The van der Waals surface area contributed by atoms with Crippen LogP contribution in [0.5, 0.6) is 0 Å². The number of fused-ring (bicyclic) bond motifs is 7. The lowest BCUT2D eigenvalue weighted by Crippen LogP contribution is -2.16. The molecule has 0 saturated heterocycles. The average molecular weight is 807 g/mol. The quantitative estimate of drug-likeness (QED) is 0.121. The fourth-order valence-electron chi connectivity index (χ4n) is 10.1. The fourth-order valence-corrected chi connectivity index (χ4v) is 10.1. The fraction of sp³-hybridized carbons (Fsp3) is 0.0656. The molecule has 0 atom stereocenters. The maximum absolute atomic E-state index is 6.80. The van der Waals surface area contributed by atoms with Crippen LogP contribution in [0.2, 0.25) is 0 Å². The molecule has 0 saturated carbocycles. The Labute approximate surface area is 369 Å². The number of hydrogen-bond donors (Lipinski definition) is 1. The standard InChI is InChI=1S/C61H46N2/c1-61(2)56-37-32-42-20-9-10-24-45(42)58(56)55-30-16-29-54(59(55)61)52-34-33-50(46-25-11-12-26-47(46)52)51-35-36-53(49-28-14-13-27-48(49)51)57(63-60(62)43-21-7-4-8-22-43)38-31-40-17-15-23-44(39-40)41-18-5-3-6-19-41/h3-30,32-39H,31H2,1-2H3,(H2,62,63)/b57-38-. The van der Waals surface area contributed by atoms with E-state index in [-0.39, 0.29) is 5.41 Å². The molecule has 0 fully saturated rings. The third kappa shape index (κ3) is 6.63. The van der Waals surface area contributed by atoms with E-state index >= 15 is 0 Å². The van der Waals surface area contributed by atoms with Gasteiger partial charge in [0.1, 0.15) is 5.84 Å². The predicted molar refractivity (Wildman–Crippen MR) is 268 cm³/mol. The molecule has 2 N–H and O–H groups in total. The Kier molecular flexibility index (Phi) is 9.43. The molecule has 63 heavy (non-hydrogen) atoms. The molecule has 0 amide bonds. The number of aliphatic imine (C=N–C) groups is 1. The minimum atomic E-state index is -0.167. The third-order valence-electron chi connectivity index (χ3n) is 13.1. The summed E-state index contributed by atoms with van der Waals surface area (Å²) in [4.78, 5) is 5.19. The molecule has 2 heteroatoms. The van der Waals surface area contributed by atoms with E-state index in [1.54, 1.807) is 0 Å². The van der Waals surface area contributed by atoms with Crippen LogP contribution in [0, 0.1) is 0 Å². The molecule has 0 heterocycles. The highest BCUT2D eigenvalue weighted by Crippen LogP contribution is 2.55. The highest BCUT2D eigenvalue weighted by Gasteiger charge is 2.38. The number of nitrogens with two attached hydrogens (primary N) is 1. The summed E-state index contributed by atoms with van der Waals surface area (Å²) in [6.45, 7) is 4.78. The summed E-state index contributed by atoms with van der Waals surface area (Å²) in [5, 5.41) is 7.36. The van der Waals surface area contributed by atoms with Gasteiger partial charge in [-0.15, -0.1) is 0 Å². The summed E-state index contributed by atoms with van der Waals surface area (Å²) in [6.07, 6.45) is 2.93. The van der Waals surface area contributed by atoms with Crippen LogP contribution in [0.3, 0.4) is 0 Å². The van der Waals surface area contributed by atoms with Crippen LogP contribution in [-0.4, -0.2) is 5.84 Å². The summed E-state index contributed by atoms with van der Waals surface area (Å²) in [6, 6.07) is 76.6. The number of rotatable bonds is 8. The van der Waals surface area contributed by atoms with Crippen molar-refractivity contribution in [2.45, 2.75) is 25.7 Å². The Morgan fingerprint density at radius 1 is 0.476 bits per heavy atom. The smallest absolute Gasteiger partial charge is 0.131 e. The minimum Gasteiger partial charge on any atom is -0.383 e. The van der Waals surface area contributed by atoms with Crippen LogP contribution in [-0.2, 0) is 11.8 Å². The molecule has 0 aromatic heterocycles. The van der Waals surface area contributed by atoms with Crippen molar-refractivity contribution in [2.24, 2.45) is 10.7 Å². The lowest BCUT2D eigenvalue weighted by Gasteiger charge is -2.25. The van der Waals surface area contributed by atoms with E-state index < -0.39 is 0 Å². The summed E-state index contributed by atoms with van der Waals surface area (Å²) in [5.41, 5.74) is 23.4. The van der Waals surface area contributed by atoms with Gasteiger partial charge < -0.3 is 5.73 Å². The Balaban J connectivity index is 1.04. The monoisotopic (exact) mass is 806 g/mol. The van der Waals surface area contributed by atoms with E-state index in [4.69, 9.17) is 10.7 Å². The van der Waals surface area contributed by atoms with Crippen LogP contribution in [0.1, 0.15) is 41.7 Å². The summed E-state index contributed by atoms with van der Waals surface area (Å²) >= 11 is 0. The highest BCUT2D eigenvalue weighted by atomic mass is 14.9. The van der Waals surface area contributed by atoms with Crippen molar-refractivity contribution < 1.29 is 0 Å². The van der Waals surface area contributed by atoms with Gasteiger partial charge in [0.25, 0.3) is 0 Å². The highest BCUT2D eigenvalue weighted by molar-refractivity contribution is 6.13. The normalized spacial score (nSPS) is 13.4. The molecule has 0 unspecified atom stereocenters. The first kappa shape index (κ1) is 38.1. The van der Waals surface area contributed by atoms with E-state index in [0.29, 0.717) is 12.3 Å². The van der Waals surface area contributed by atoms with E-state index in [0.717, 1.165) is 22.2 Å². The Hall–Kier alpha value is -7.81. The van der Waals surface area contributed by atoms with Gasteiger partial charge in [-0.1, -0.05) is 232 Å². The maximum atomic E-state index is 6.80. The lowest BCUT2D eigenvalue weighted by atomic mass is 9.78. The molecule has 11 rings (SSSR count). The van der Waals surface area contributed by atoms with Gasteiger partial charge in [-0.05, 0) is 99.9 Å². The third-order valence-corrected chi connectivity index (χ3v) is 13.1. The zero-order chi connectivity index (χ0) is 42.5. The molecule has 0 aliphatic heterocycles. The second-order valence-electron chi connectivity index (χ2n) is 17.2. The van der Waals surface area contributed by atoms with Gasteiger partial charge in [-0.3, -0.25) is 0 Å². The first-order chi connectivity index (χ1) is 30.9. The first-order valence-corrected chi connectivity index (χ1v) is 21.9. The predicted octanol–water partition coefficient (Wildman–Crippen LogP) is 15.4. The number of hydrogen-bond acceptors (Lipinski definition) is 1. The number of benzene rings is 10. The molecule has 300 valence electrons. The summed E-state index contributed by atoms with van der Waals surface area (Å²) in [5.74, 6) is 0.487. The van der Waals surface area contributed by atoms with E-state index in [1.807, 2.05) is 30.3 Å². The zero-order valence-electron chi connectivity index (χ0n) is 35.5. The van der Waals surface area contributed by atoms with Crippen LogP contribution >= 0.6 is 0 Å². The van der Waals surface area contributed by atoms with Crippen LogP contribution in [0.15, 0.2) is 223 Å². The van der Waals surface area contributed by atoms with E-state index in [9.17, 15) is 0 Å². The minimum absolute atomic E-state index is 0.167. The number of amidine groups is 1. The van der Waals surface area contributed by atoms with Gasteiger partial charge in [0.05, 0.1) is 5.70 Å². The zero-order valence-corrected chi connectivity index (χ0v) is 35.5. The SMILES string of the molecule is CC1(C)c2ccc3ccccc3c2-c2cccc(-c3ccc(-c4ccc(/C(=C/Cc5cccc(-c6ccccc6)c5)N=C(N)c5ccccc5)c5ccccc45)c4ccccc34)c21. The van der Waals surface area contributed by atoms with Gasteiger partial charge in [-0.2, -0.15) is 0 Å². The van der Waals surface area contributed by atoms with Crippen molar-refractivity contribution in [3.63, 3.8) is 0 Å². The number of nitrogens with zero attached hydrogens (tertiary/aromatic N) is 1. The van der Waals surface area contributed by atoms with E-state index in [2.05, 4.69) is 202 Å². The maximum Gasteiger partial charge on any atom is 0.131 e. The lowest BCUT2D eigenvalue weighted by molar-refractivity contribution is 0.662. The summed E-state index contributed by atoms with van der Waals surface area (Å²) < 4.78 is 0. The number of allylic oxidation sites excluding steroid dienone is 1. The van der Waals surface area contributed by atoms with Gasteiger partial charge in [0, 0.05) is 16.5 Å². The van der Waals surface area contributed by atoms with Crippen molar-refractivity contribution in [3.05, 3.63) is 246 Å². The molecule has 0 radical (unpaired) electrons. The van der Waals surface area contributed by atoms with Crippen molar-refractivity contribution in [1.82, 2.24) is 0 Å². The Morgan fingerprint density at radius 2 is 1.03 bits per heavy atom. The molecule has 1 aliphatic rings. The molecule has 0 bridgehead atoms. The van der Waals surface area contributed by atoms with Crippen molar-refractivity contribution in [3.8, 4) is 44.5 Å². The van der Waals surface area contributed by atoms with Crippen molar-refractivity contribution in [1.29, 1.82) is 0 Å². The van der Waals surface area contributed by atoms with E-state index in [1.165, 1.54) is 88.1 Å². The van der Waals surface area contributed by atoms with Crippen LogP contribution < -0.4 is 5.73 Å². The van der Waals surface area contributed by atoms with Gasteiger partial charge in [-0.25, -0.2) is 4.99 Å². The van der Waals surface area contributed by atoms with Crippen molar-refractivity contribution >= 4 is 43.9 Å². The summed E-state index contributed by atoms with van der Waals surface area (Å²) in [7, 11) is 0. The molecular formula is C61H46N2. The second kappa shape index (κ2) is 15.6. The molecule has 10 aromatic carbocycles. The molecule has 2 nitrogen and oxygen atoms in total. The van der Waals surface area contributed by atoms with Crippen molar-refractivity contribution in [2.75, 3.05) is 0 Å². The Bertz CT molecular complexity index is 3450. The Morgan fingerprint density at radius 3 is 1.76 bits per heavy atom. The van der Waals surface area contributed by atoms with Gasteiger partial charge >= 0.3 is 0 Å². The molecular weight excluding hydrogens is 761 g/mol. The largest absolute Gasteiger partial charge is 0.383 e. The first-order valence-electron chi connectivity index (χ1n) is 21.9. The second-order valence-corrected chi connectivity index (χ2v) is 17.2. The van der Waals surface area contributed by atoms with Crippen LogP contribution in [0.4, 0.5) is 0 Å². The average Bonchev–Trinajstić information content (AvgIpc) is 3.59. The van der Waals surface area contributed by atoms with Gasteiger partial charge in [0.15, 0.2) is 0 Å². The molecule has 10 aromatic rings. The molecule has 1 aliphatic carbocycles. The molecule has 0 spiro atoms. The van der Waals surface area contributed by atoms with Gasteiger partial charge in [0.2, 0.25) is 0 Å². The van der Waals surface area contributed by atoms with Crippen LogP contribution in [0.25, 0.3) is 82.5 Å². The topological polar surface area (TPSA) is 38.4 Å².